The van der Waals surface area contributed by atoms with Gasteiger partial charge >= 0.3 is 0 Å². The molecule has 0 spiro atoms. The summed E-state index contributed by atoms with van der Waals surface area (Å²) in [5, 5.41) is 0.300. The lowest BCUT2D eigenvalue weighted by atomic mass is 10.3. The van der Waals surface area contributed by atoms with Crippen LogP contribution < -0.4 is 5.73 Å². The Balaban J connectivity index is 2.27. The Morgan fingerprint density at radius 3 is 2.79 bits per heavy atom. The number of amidine groups is 1. The molecule has 14 heavy (non-hydrogen) atoms. The maximum atomic E-state index is 12.7. The molecule has 1 aliphatic rings. The van der Waals surface area contributed by atoms with Crippen molar-refractivity contribution in [3.63, 3.8) is 0 Å². The van der Waals surface area contributed by atoms with Crippen molar-refractivity contribution in [1.82, 2.24) is 0 Å². The SMILES string of the molecule is NC(=Nc1ccc(F)cc1Cl)C1CC1. The van der Waals surface area contributed by atoms with Gasteiger partial charge in [-0.25, -0.2) is 9.38 Å². The molecule has 2 rings (SSSR count). The summed E-state index contributed by atoms with van der Waals surface area (Å²) in [6.07, 6.45) is 2.18. The van der Waals surface area contributed by atoms with Gasteiger partial charge in [0.2, 0.25) is 0 Å². The first-order valence-corrected chi connectivity index (χ1v) is 4.84. The highest BCUT2D eigenvalue weighted by molar-refractivity contribution is 6.33. The van der Waals surface area contributed by atoms with E-state index in [-0.39, 0.29) is 5.82 Å². The van der Waals surface area contributed by atoms with Crippen LogP contribution in [0.15, 0.2) is 23.2 Å². The third kappa shape index (κ3) is 2.04. The molecule has 0 aromatic heterocycles. The molecule has 4 heteroatoms. The first-order valence-electron chi connectivity index (χ1n) is 4.46. The largest absolute Gasteiger partial charge is 0.387 e. The van der Waals surface area contributed by atoms with Gasteiger partial charge in [0.1, 0.15) is 11.7 Å². The fourth-order valence-electron chi connectivity index (χ4n) is 1.18. The molecule has 0 amide bonds. The van der Waals surface area contributed by atoms with Gasteiger partial charge in [-0.05, 0) is 31.0 Å². The Morgan fingerprint density at radius 2 is 2.21 bits per heavy atom. The van der Waals surface area contributed by atoms with Crippen molar-refractivity contribution in [3.05, 3.63) is 29.0 Å². The molecule has 0 bridgehead atoms. The standard InChI is InChI=1S/C10H10ClFN2/c11-8-5-7(12)3-4-9(8)14-10(13)6-1-2-6/h3-6H,1-2H2,(H2,13,14). The molecular formula is C10H10ClFN2. The van der Waals surface area contributed by atoms with Crippen molar-refractivity contribution in [2.75, 3.05) is 0 Å². The molecule has 1 fully saturated rings. The van der Waals surface area contributed by atoms with Crippen LogP contribution >= 0.6 is 11.6 Å². The molecule has 1 aromatic carbocycles. The summed E-state index contributed by atoms with van der Waals surface area (Å²) in [5.74, 6) is 0.633. The van der Waals surface area contributed by atoms with Crippen molar-refractivity contribution in [3.8, 4) is 0 Å². The summed E-state index contributed by atoms with van der Waals surface area (Å²) in [7, 11) is 0. The lowest BCUT2D eigenvalue weighted by Gasteiger charge is -2.00. The second-order valence-corrected chi connectivity index (χ2v) is 3.81. The predicted octanol–water partition coefficient (Wildman–Crippen LogP) is 2.88. The van der Waals surface area contributed by atoms with Crippen LogP contribution in [-0.2, 0) is 0 Å². The minimum absolute atomic E-state index is 0.300. The molecule has 0 aliphatic heterocycles. The smallest absolute Gasteiger partial charge is 0.124 e. The second kappa shape index (κ2) is 3.58. The van der Waals surface area contributed by atoms with Gasteiger partial charge in [0.15, 0.2) is 0 Å². The Hall–Kier alpha value is -1.09. The highest BCUT2D eigenvalue weighted by atomic mass is 35.5. The normalized spacial score (nSPS) is 17.1. The monoisotopic (exact) mass is 212 g/mol. The summed E-state index contributed by atoms with van der Waals surface area (Å²) in [5.41, 5.74) is 6.25. The number of nitrogens with zero attached hydrogens (tertiary/aromatic N) is 1. The van der Waals surface area contributed by atoms with Gasteiger partial charge in [0.05, 0.1) is 10.7 Å². The second-order valence-electron chi connectivity index (χ2n) is 3.41. The van der Waals surface area contributed by atoms with Crippen LogP contribution in [0, 0.1) is 11.7 Å². The third-order valence-electron chi connectivity index (χ3n) is 2.15. The van der Waals surface area contributed by atoms with Crippen LogP contribution in [-0.4, -0.2) is 5.84 Å². The minimum atomic E-state index is -0.362. The van der Waals surface area contributed by atoms with Gasteiger partial charge in [-0.2, -0.15) is 0 Å². The Bertz CT molecular complexity index is 386. The number of nitrogens with two attached hydrogens (primary N) is 1. The number of halogens is 2. The molecule has 2 N–H and O–H groups in total. The van der Waals surface area contributed by atoms with E-state index in [1.54, 1.807) is 0 Å². The van der Waals surface area contributed by atoms with E-state index in [9.17, 15) is 4.39 Å². The zero-order valence-corrected chi connectivity index (χ0v) is 8.26. The molecule has 0 radical (unpaired) electrons. The van der Waals surface area contributed by atoms with Gasteiger partial charge < -0.3 is 5.73 Å². The number of benzene rings is 1. The topological polar surface area (TPSA) is 38.4 Å². The molecule has 2 nitrogen and oxygen atoms in total. The van der Waals surface area contributed by atoms with Gasteiger partial charge in [0, 0.05) is 5.92 Å². The van der Waals surface area contributed by atoms with E-state index >= 15 is 0 Å². The fraction of sp³-hybridized carbons (Fsp3) is 0.300. The first kappa shape index (κ1) is 9.46. The molecule has 0 unspecified atom stereocenters. The summed E-state index contributed by atoms with van der Waals surface area (Å²) < 4.78 is 12.7. The summed E-state index contributed by atoms with van der Waals surface area (Å²) >= 11 is 5.80. The molecule has 0 atom stereocenters. The Labute approximate surface area is 86.6 Å². The van der Waals surface area contributed by atoms with Crippen LogP contribution in [0.1, 0.15) is 12.8 Å². The van der Waals surface area contributed by atoms with E-state index in [0.29, 0.717) is 22.5 Å². The van der Waals surface area contributed by atoms with Gasteiger partial charge in [0.25, 0.3) is 0 Å². The van der Waals surface area contributed by atoms with Crippen LogP contribution in [0.3, 0.4) is 0 Å². The summed E-state index contributed by atoms with van der Waals surface area (Å²) in [6.45, 7) is 0. The van der Waals surface area contributed by atoms with E-state index in [4.69, 9.17) is 17.3 Å². The molecular weight excluding hydrogens is 203 g/mol. The van der Waals surface area contributed by atoms with Gasteiger partial charge in [-0.15, -0.1) is 0 Å². The van der Waals surface area contributed by atoms with E-state index in [0.717, 1.165) is 12.8 Å². The first-order chi connectivity index (χ1) is 6.66. The van der Waals surface area contributed by atoms with E-state index in [1.807, 2.05) is 0 Å². The van der Waals surface area contributed by atoms with Crippen LogP contribution in [0.5, 0.6) is 0 Å². The van der Waals surface area contributed by atoms with Crippen molar-refractivity contribution >= 4 is 23.1 Å². The quantitative estimate of drug-likeness (QED) is 0.594. The summed E-state index contributed by atoms with van der Waals surface area (Å²) in [4.78, 5) is 4.16. The van der Waals surface area contributed by atoms with Crippen LogP contribution in [0.4, 0.5) is 10.1 Å². The van der Waals surface area contributed by atoms with E-state index < -0.39 is 0 Å². The predicted molar refractivity (Wildman–Crippen MR) is 55.4 cm³/mol. The molecule has 0 saturated heterocycles. The number of hydrogen-bond acceptors (Lipinski definition) is 1. The Morgan fingerprint density at radius 1 is 1.50 bits per heavy atom. The van der Waals surface area contributed by atoms with Crippen molar-refractivity contribution in [2.24, 2.45) is 16.6 Å². The fourth-order valence-corrected chi connectivity index (χ4v) is 1.39. The summed E-state index contributed by atoms with van der Waals surface area (Å²) in [6, 6.07) is 4.10. The van der Waals surface area contributed by atoms with Crippen LogP contribution in [0.25, 0.3) is 0 Å². The van der Waals surface area contributed by atoms with Crippen molar-refractivity contribution in [1.29, 1.82) is 0 Å². The molecule has 1 aromatic rings. The third-order valence-corrected chi connectivity index (χ3v) is 2.46. The zero-order valence-electron chi connectivity index (χ0n) is 7.50. The average Bonchev–Trinajstić information content (AvgIpc) is 2.92. The highest BCUT2D eigenvalue weighted by Gasteiger charge is 2.25. The minimum Gasteiger partial charge on any atom is -0.387 e. The molecule has 74 valence electrons. The lowest BCUT2D eigenvalue weighted by Crippen LogP contribution is -2.13. The number of hydrogen-bond donors (Lipinski definition) is 1. The van der Waals surface area contributed by atoms with E-state index in [1.165, 1.54) is 18.2 Å². The number of rotatable bonds is 2. The number of aliphatic imine (C=N–C) groups is 1. The van der Waals surface area contributed by atoms with Crippen molar-refractivity contribution in [2.45, 2.75) is 12.8 Å². The Kier molecular flexibility index (Phi) is 2.42. The van der Waals surface area contributed by atoms with Crippen molar-refractivity contribution < 1.29 is 4.39 Å². The molecule has 0 heterocycles. The maximum absolute atomic E-state index is 12.7. The zero-order chi connectivity index (χ0) is 10.1. The van der Waals surface area contributed by atoms with Gasteiger partial charge in [-0.1, -0.05) is 11.6 Å². The maximum Gasteiger partial charge on any atom is 0.124 e. The van der Waals surface area contributed by atoms with Gasteiger partial charge in [-0.3, -0.25) is 0 Å². The molecule has 1 saturated carbocycles. The molecule has 1 aliphatic carbocycles. The lowest BCUT2D eigenvalue weighted by molar-refractivity contribution is 0.628. The average molecular weight is 213 g/mol. The van der Waals surface area contributed by atoms with Crippen LogP contribution in [0.2, 0.25) is 5.02 Å². The highest BCUT2D eigenvalue weighted by Crippen LogP contribution is 2.32. The van der Waals surface area contributed by atoms with E-state index in [2.05, 4.69) is 4.99 Å².